The lowest BCUT2D eigenvalue weighted by Crippen LogP contribution is -2.49. The summed E-state index contributed by atoms with van der Waals surface area (Å²) in [5, 5.41) is 3.65. The molecule has 4 nitrogen and oxygen atoms in total. The minimum absolute atomic E-state index is 0.112. The smallest absolute Gasteiger partial charge is 0.326 e. The van der Waals surface area contributed by atoms with E-state index in [2.05, 4.69) is 5.32 Å². The molecule has 2 atom stereocenters. The third kappa shape index (κ3) is 3.34. The first-order valence-electron chi connectivity index (χ1n) is 6.70. The van der Waals surface area contributed by atoms with Gasteiger partial charge in [-0.25, -0.2) is 0 Å². The van der Waals surface area contributed by atoms with Crippen molar-refractivity contribution in [3.63, 3.8) is 0 Å². The molecule has 0 spiro atoms. The van der Waals surface area contributed by atoms with Crippen LogP contribution in [0, 0.1) is 0 Å². The fourth-order valence-corrected chi connectivity index (χ4v) is 3.77. The molecule has 1 heterocycles. The Bertz CT molecular complexity index is 407. The number of hydrogen-bond donors (Lipinski definition) is 1. The third-order valence-electron chi connectivity index (χ3n) is 3.66. The summed E-state index contributed by atoms with van der Waals surface area (Å²) in [4.78, 5) is 12.1. The first-order valence-corrected chi connectivity index (χ1v) is 7.75. The quantitative estimate of drug-likeness (QED) is 0.813. The maximum absolute atomic E-state index is 12.1. The normalized spacial score (nSPS) is 26.5. The molecule has 5 heteroatoms. The van der Waals surface area contributed by atoms with Crippen molar-refractivity contribution in [3.8, 4) is 0 Å². The van der Waals surface area contributed by atoms with Gasteiger partial charge in [0.1, 0.15) is 11.3 Å². The minimum atomic E-state index is -0.489. The summed E-state index contributed by atoms with van der Waals surface area (Å²) in [7, 11) is 1.84. The second-order valence-electron chi connectivity index (χ2n) is 4.81. The topological polar surface area (TPSA) is 51.5 Å². The molecule has 0 aromatic carbocycles. The van der Waals surface area contributed by atoms with Crippen LogP contribution >= 0.6 is 11.8 Å². The van der Waals surface area contributed by atoms with E-state index in [4.69, 9.17) is 9.15 Å². The summed E-state index contributed by atoms with van der Waals surface area (Å²) in [5.41, 5.74) is -0.489. The summed E-state index contributed by atoms with van der Waals surface area (Å²) in [6.45, 7) is 2.28. The Labute approximate surface area is 118 Å². The highest BCUT2D eigenvalue weighted by Gasteiger charge is 2.45. The highest BCUT2D eigenvalue weighted by molar-refractivity contribution is 7.99. The molecule has 19 heavy (non-hydrogen) atoms. The lowest BCUT2D eigenvalue weighted by molar-refractivity contribution is -0.150. The molecule has 0 radical (unpaired) electrons. The molecule has 1 saturated carbocycles. The van der Waals surface area contributed by atoms with Crippen LogP contribution in [0.15, 0.2) is 22.8 Å². The van der Waals surface area contributed by atoms with E-state index in [1.54, 1.807) is 6.26 Å². The van der Waals surface area contributed by atoms with Crippen LogP contribution in [0.2, 0.25) is 0 Å². The summed E-state index contributed by atoms with van der Waals surface area (Å²) < 4.78 is 10.5. The van der Waals surface area contributed by atoms with Gasteiger partial charge in [-0.2, -0.15) is 11.8 Å². The van der Waals surface area contributed by atoms with Gasteiger partial charge in [-0.05, 0) is 45.4 Å². The molecule has 0 bridgehead atoms. The molecule has 1 aliphatic rings. The molecular weight excluding hydrogens is 262 g/mol. The monoisotopic (exact) mass is 283 g/mol. The predicted molar refractivity (Wildman–Crippen MR) is 76.1 cm³/mol. The van der Waals surface area contributed by atoms with Gasteiger partial charge in [0.25, 0.3) is 0 Å². The van der Waals surface area contributed by atoms with Crippen LogP contribution < -0.4 is 5.32 Å². The standard InChI is InChI=1S/C14H21NO3S/c1-3-17-13(16)14(15-2)7-6-12(9-14)19-10-11-5-4-8-18-11/h4-5,8,12,15H,3,6-7,9-10H2,1-2H3. The number of thioether (sulfide) groups is 1. The van der Waals surface area contributed by atoms with Gasteiger partial charge in [0.2, 0.25) is 0 Å². The SMILES string of the molecule is CCOC(=O)C1(NC)CCC(SCc2ccco2)C1. The second kappa shape index (κ2) is 6.48. The van der Waals surface area contributed by atoms with Crippen LogP contribution in [0.3, 0.4) is 0 Å². The fourth-order valence-electron chi connectivity index (χ4n) is 2.52. The van der Waals surface area contributed by atoms with Crippen LogP contribution in [0.1, 0.15) is 31.9 Å². The predicted octanol–water partition coefficient (Wildman–Crippen LogP) is 2.59. The molecule has 0 saturated heterocycles. The Balaban J connectivity index is 1.88. The molecule has 0 aliphatic heterocycles. The zero-order chi connectivity index (χ0) is 13.7. The molecule has 2 rings (SSSR count). The number of esters is 1. The van der Waals surface area contributed by atoms with Gasteiger partial charge in [-0.1, -0.05) is 0 Å². The highest BCUT2D eigenvalue weighted by Crippen LogP contribution is 2.38. The van der Waals surface area contributed by atoms with Gasteiger partial charge in [0.15, 0.2) is 0 Å². The molecular formula is C14H21NO3S. The lowest BCUT2D eigenvalue weighted by atomic mass is 9.98. The Morgan fingerprint density at radius 2 is 2.53 bits per heavy atom. The average Bonchev–Trinajstić information content (AvgIpc) is 3.07. The Hall–Kier alpha value is -0.940. The molecule has 1 N–H and O–H groups in total. The molecule has 2 unspecified atom stereocenters. The fraction of sp³-hybridized carbons (Fsp3) is 0.643. The number of ether oxygens (including phenoxy) is 1. The van der Waals surface area contributed by atoms with Gasteiger partial charge in [0, 0.05) is 5.25 Å². The number of carbonyl (C=O) groups is 1. The maximum Gasteiger partial charge on any atom is 0.326 e. The number of carbonyl (C=O) groups excluding carboxylic acids is 1. The number of likely N-dealkylation sites (N-methyl/N-ethyl adjacent to an activating group) is 1. The number of furan rings is 1. The van der Waals surface area contributed by atoms with Crippen molar-refractivity contribution < 1.29 is 13.9 Å². The van der Waals surface area contributed by atoms with Gasteiger partial charge in [-0.15, -0.1) is 0 Å². The van der Waals surface area contributed by atoms with E-state index in [1.807, 2.05) is 37.9 Å². The first-order chi connectivity index (χ1) is 9.20. The van der Waals surface area contributed by atoms with Crippen LogP contribution in [-0.4, -0.2) is 30.4 Å². The van der Waals surface area contributed by atoms with Gasteiger partial charge in [0.05, 0.1) is 18.6 Å². The van der Waals surface area contributed by atoms with E-state index in [0.29, 0.717) is 11.9 Å². The van der Waals surface area contributed by atoms with E-state index in [1.165, 1.54) is 0 Å². The van der Waals surface area contributed by atoms with Crippen LogP contribution in [-0.2, 0) is 15.3 Å². The van der Waals surface area contributed by atoms with E-state index in [-0.39, 0.29) is 5.97 Å². The van der Waals surface area contributed by atoms with E-state index in [9.17, 15) is 4.79 Å². The van der Waals surface area contributed by atoms with Crippen molar-refractivity contribution in [1.82, 2.24) is 5.32 Å². The largest absolute Gasteiger partial charge is 0.468 e. The van der Waals surface area contributed by atoms with Gasteiger partial charge in [-0.3, -0.25) is 4.79 Å². The zero-order valence-electron chi connectivity index (χ0n) is 11.5. The molecule has 1 aromatic rings. The van der Waals surface area contributed by atoms with Crippen molar-refractivity contribution in [3.05, 3.63) is 24.2 Å². The first kappa shape index (κ1) is 14.5. The molecule has 106 valence electrons. The van der Waals surface area contributed by atoms with Gasteiger partial charge >= 0.3 is 5.97 Å². The molecule has 1 fully saturated rings. The van der Waals surface area contributed by atoms with Gasteiger partial charge < -0.3 is 14.5 Å². The summed E-state index contributed by atoms with van der Waals surface area (Å²) in [6.07, 6.45) is 4.40. The number of rotatable bonds is 6. The highest BCUT2D eigenvalue weighted by atomic mass is 32.2. The number of hydrogen-bond acceptors (Lipinski definition) is 5. The minimum Gasteiger partial charge on any atom is -0.468 e. The van der Waals surface area contributed by atoms with Crippen LogP contribution in [0.5, 0.6) is 0 Å². The molecule has 1 aliphatic carbocycles. The van der Waals surface area contributed by atoms with E-state index < -0.39 is 5.54 Å². The van der Waals surface area contributed by atoms with E-state index >= 15 is 0 Å². The van der Waals surface area contributed by atoms with Crippen LogP contribution in [0.4, 0.5) is 0 Å². The van der Waals surface area contributed by atoms with Crippen molar-refractivity contribution in [2.24, 2.45) is 0 Å². The average molecular weight is 283 g/mol. The lowest BCUT2D eigenvalue weighted by Gasteiger charge is -2.26. The van der Waals surface area contributed by atoms with Crippen LogP contribution in [0.25, 0.3) is 0 Å². The van der Waals surface area contributed by atoms with E-state index in [0.717, 1.165) is 30.8 Å². The number of nitrogens with one attached hydrogen (secondary N) is 1. The van der Waals surface area contributed by atoms with Crippen molar-refractivity contribution in [1.29, 1.82) is 0 Å². The van der Waals surface area contributed by atoms with Crippen molar-refractivity contribution in [2.45, 2.75) is 42.7 Å². The Kier molecular flexibility index (Phi) is 4.93. The second-order valence-corrected chi connectivity index (χ2v) is 6.10. The van der Waals surface area contributed by atoms with Crippen molar-refractivity contribution in [2.75, 3.05) is 13.7 Å². The molecule has 1 aromatic heterocycles. The summed E-state index contributed by atoms with van der Waals surface area (Å²) in [5.74, 6) is 1.74. The maximum atomic E-state index is 12.1. The third-order valence-corrected chi connectivity index (χ3v) is 4.98. The Morgan fingerprint density at radius 1 is 1.68 bits per heavy atom. The Morgan fingerprint density at radius 3 is 3.16 bits per heavy atom. The molecule has 0 amide bonds. The summed E-state index contributed by atoms with van der Waals surface area (Å²) >= 11 is 1.85. The van der Waals surface area contributed by atoms with Crippen molar-refractivity contribution >= 4 is 17.7 Å². The zero-order valence-corrected chi connectivity index (χ0v) is 12.3. The summed E-state index contributed by atoms with van der Waals surface area (Å²) in [6, 6.07) is 3.89.